The molecule has 2 aliphatic heterocycles. The van der Waals surface area contributed by atoms with Crippen molar-refractivity contribution in [2.45, 2.75) is 42.4 Å². The third-order valence-corrected chi connectivity index (χ3v) is 6.33. The molecule has 2 bridgehead atoms. The minimum atomic E-state index is -1.03. The second-order valence-corrected chi connectivity index (χ2v) is 7.02. The molecule has 5 rings (SSSR count). The minimum Gasteiger partial charge on any atom is -0.870 e. The number of nitrogens with zero attached hydrogens (tertiary/aromatic N) is 1. The molecule has 0 radical (unpaired) electrons. The quantitative estimate of drug-likeness (QED) is 0.380. The summed E-state index contributed by atoms with van der Waals surface area (Å²) in [6, 6.07) is 4.12. The van der Waals surface area contributed by atoms with Gasteiger partial charge >= 0.3 is 37.7 Å². The van der Waals surface area contributed by atoms with Gasteiger partial charge in [-0.05, 0) is 44.2 Å². The number of likely N-dealkylation sites (tertiary alicyclic amines) is 1. The Balaban J connectivity index is 0.000000751. The molecule has 1 aromatic rings. The van der Waals surface area contributed by atoms with Crippen molar-refractivity contribution < 1.29 is 57.8 Å². The Morgan fingerprint density at radius 2 is 2.12 bits per heavy atom. The van der Waals surface area contributed by atoms with Crippen molar-refractivity contribution >= 4 is 0 Å². The van der Waals surface area contributed by atoms with Gasteiger partial charge in [-0.15, -0.1) is 0 Å². The Morgan fingerprint density at radius 3 is 2.84 bits per heavy atom. The molecule has 0 aromatic heterocycles. The van der Waals surface area contributed by atoms with Crippen LogP contribution in [0.15, 0.2) is 18.2 Å². The SMILES string of the molecule is COc1ccc2c3c1O[C@H]1[C-]=CC[C@@]4([O-])[C@@H](C2)N(C)CC[C@]314.[Li+].[Li+].[OH-]. The molecule has 1 saturated heterocycles. The molecule has 2 aliphatic carbocycles. The summed E-state index contributed by atoms with van der Waals surface area (Å²) in [5, 5.41) is 14.0. The summed E-state index contributed by atoms with van der Waals surface area (Å²) >= 11 is 0. The van der Waals surface area contributed by atoms with Gasteiger partial charge in [-0.1, -0.05) is 18.1 Å². The van der Waals surface area contributed by atoms with Crippen molar-refractivity contribution in [3.05, 3.63) is 35.4 Å². The number of piperidine rings is 1. The van der Waals surface area contributed by atoms with Crippen LogP contribution in [-0.4, -0.2) is 48.8 Å². The Labute approximate surface area is 172 Å². The topological polar surface area (TPSA) is 74.8 Å². The number of ether oxygens (including phenoxy) is 2. The molecule has 124 valence electrons. The first-order valence-electron chi connectivity index (χ1n) is 7.97. The summed E-state index contributed by atoms with van der Waals surface area (Å²) in [4.78, 5) is 2.25. The monoisotopic (exact) mass is 328 g/mol. The van der Waals surface area contributed by atoms with E-state index in [-0.39, 0.29) is 55.3 Å². The van der Waals surface area contributed by atoms with Gasteiger partial charge in [0.2, 0.25) is 0 Å². The molecule has 5 nitrogen and oxygen atoms in total. The molecule has 0 amide bonds. The van der Waals surface area contributed by atoms with Crippen LogP contribution in [0.1, 0.15) is 24.0 Å². The van der Waals surface area contributed by atoms with E-state index in [4.69, 9.17) is 9.47 Å². The number of hydrogen-bond acceptors (Lipinski definition) is 5. The summed E-state index contributed by atoms with van der Waals surface area (Å²) in [5.41, 5.74) is 0.874. The van der Waals surface area contributed by atoms with Gasteiger partial charge in [0.25, 0.3) is 0 Å². The molecule has 0 saturated carbocycles. The van der Waals surface area contributed by atoms with Gasteiger partial charge in [0, 0.05) is 17.0 Å². The maximum Gasteiger partial charge on any atom is 1.00 e. The van der Waals surface area contributed by atoms with Gasteiger partial charge in [0.15, 0.2) is 11.5 Å². The number of likely N-dealkylation sites (N-methyl/N-ethyl adjacent to an activating group) is 1. The fourth-order valence-electron chi connectivity index (χ4n) is 5.29. The molecule has 1 fully saturated rings. The van der Waals surface area contributed by atoms with Gasteiger partial charge in [-0.25, -0.2) is 0 Å². The number of methoxy groups -OCH3 is 1. The van der Waals surface area contributed by atoms with Crippen LogP contribution in [0.5, 0.6) is 11.5 Å². The van der Waals surface area contributed by atoms with Crippen molar-refractivity contribution in [1.82, 2.24) is 4.90 Å². The Hall–Kier alpha value is -0.365. The van der Waals surface area contributed by atoms with E-state index in [2.05, 4.69) is 24.1 Å². The van der Waals surface area contributed by atoms with Crippen molar-refractivity contribution in [2.24, 2.45) is 0 Å². The van der Waals surface area contributed by atoms with E-state index in [9.17, 15) is 5.11 Å². The second kappa shape index (κ2) is 6.66. The molecule has 4 aliphatic rings. The van der Waals surface area contributed by atoms with Gasteiger partial charge in [-0.3, -0.25) is 6.08 Å². The third kappa shape index (κ3) is 2.22. The molecular weight excluding hydrogens is 308 g/mol. The first-order valence-corrected chi connectivity index (χ1v) is 7.97. The van der Waals surface area contributed by atoms with E-state index in [1.807, 2.05) is 12.1 Å². The van der Waals surface area contributed by atoms with Crippen LogP contribution < -0.4 is 52.3 Å². The Bertz CT molecular complexity index is 713. The van der Waals surface area contributed by atoms with Gasteiger partial charge in [0.05, 0.1) is 7.11 Å². The van der Waals surface area contributed by atoms with Crippen molar-refractivity contribution in [3.8, 4) is 11.5 Å². The van der Waals surface area contributed by atoms with Crippen LogP contribution in [0, 0.1) is 6.08 Å². The number of rotatable bonds is 1. The van der Waals surface area contributed by atoms with Crippen LogP contribution in [0.4, 0.5) is 0 Å². The molecule has 1 aromatic carbocycles. The molecule has 25 heavy (non-hydrogen) atoms. The van der Waals surface area contributed by atoms with Crippen molar-refractivity contribution in [3.63, 3.8) is 0 Å². The second-order valence-electron chi connectivity index (χ2n) is 7.02. The average molecular weight is 328 g/mol. The van der Waals surface area contributed by atoms with E-state index in [1.54, 1.807) is 7.11 Å². The molecule has 7 heteroatoms. The molecule has 4 atom stereocenters. The predicted molar refractivity (Wildman–Crippen MR) is 80.9 cm³/mol. The van der Waals surface area contributed by atoms with Crippen LogP contribution in [-0.2, 0) is 11.8 Å². The normalized spacial score (nSPS) is 36.1. The van der Waals surface area contributed by atoms with Crippen molar-refractivity contribution in [2.75, 3.05) is 20.7 Å². The zero-order valence-electron chi connectivity index (χ0n) is 15.3. The predicted octanol–water partition coefficient (Wildman–Crippen LogP) is -5.35. The Kier molecular flexibility index (Phi) is 5.58. The Morgan fingerprint density at radius 1 is 1.36 bits per heavy atom. The van der Waals surface area contributed by atoms with Gasteiger partial charge in [0.1, 0.15) is 0 Å². The first kappa shape index (κ1) is 20.9. The summed E-state index contributed by atoms with van der Waals surface area (Å²) in [5.74, 6) is 1.53. The summed E-state index contributed by atoms with van der Waals surface area (Å²) in [7, 11) is 3.74. The fraction of sp³-hybridized carbons (Fsp3) is 0.556. The van der Waals surface area contributed by atoms with Crippen LogP contribution in [0.2, 0.25) is 0 Å². The van der Waals surface area contributed by atoms with E-state index >= 15 is 0 Å². The van der Waals surface area contributed by atoms with E-state index in [0.29, 0.717) is 6.42 Å². The maximum absolute atomic E-state index is 14.0. The van der Waals surface area contributed by atoms with E-state index in [1.165, 1.54) is 5.56 Å². The molecule has 1 spiro atoms. The third-order valence-electron chi connectivity index (χ3n) is 6.33. The smallest absolute Gasteiger partial charge is 0.870 e. The number of benzene rings is 1. The van der Waals surface area contributed by atoms with E-state index < -0.39 is 11.0 Å². The average Bonchev–Trinajstić information content (AvgIpc) is 2.85. The van der Waals surface area contributed by atoms with Crippen LogP contribution in [0.3, 0.4) is 0 Å². The van der Waals surface area contributed by atoms with Gasteiger partial charge in [-0.2, -0.15) is 0 Å². The standard InChI is InChI=1S/C18H19NO3.2Li.H2O/c1-19-9-8-17-14-4-3-7-18(17,20)13(19)10-11-5-6-12(21-2)16(22-14)15(11)17;;;/h3,5-6,13-14H,7-10H2,1-2H3;;;1H2/q-2;2*+1;/p-1/t13-,14+,17-,18-;;;/m1.../s1. The summed E-state index contributed by atoms with van der Waals surface area (Å²) in [6.07, 6.45) is 7.16. The van der Waals surface area contributed by atoms with Crippen LogP contribution in [0.25, 0.3) is 0 Å². The largest absolute Gasteiger partial charge is 1.00 e. The zero-order valence-corrected chi connectivity index (χ0v) is 15.3. The molecule has 2 heterocycles. The van der Waals surface area contributed by atoms with E-state index in [0.717, 1.165) is 36.4 Å². The molecule has 0 unspecified atom stereocenters. The molecule has 1 N–H and O–H groups in total. The fourth-order valence-corrected chi connectivity index (χ4v) is 5.29. The maximum atomic E-state index is 14.0. The van der Waals surface area contributed by atoms with Gasteiger partial charge < -0.3 is 31.0 Å². The summed E-state index contributed by atoms with van der Waals surface area (Å²) in [6.45, 7) is 0.937. The molecular formula is C18H20Li2NO4-. The number of hydrogen-bond donors (Lipinski definition) is 0. The minimum absolute atomic E-state index is 0. The summed E-state index contributed by atoms with van der Waals surface area (Å²) < 4.78 is 11.7. The van der Waals surface area contributed by atoms with Crippen LogP contribution >= 0.6 is 0 Å². The van der Waals surface area contributed by atoms with Crippen molar-refractivity contribution in [1.29, 1.82) is 0 Å². The zero-order chi connectivity index (χ0) is 15.1. The first-order chi connectivity index (χ1) is 10.6.